The number of nitrogens with zero attached hydrogens (tertiary/aromatic N) is 2. The number of carbonyl (C=O) groups excluding carboxylic acids is 9. The van der Waals surface area contributed by atoms with Crippen LogP contribution in [-0.2, 0) is 57.5 Å². The van der Waals surface area contributed by atoms with Crippen LogP contribution in [0.3, 0.4) is 0 Å². The van der Waals surface area contributed by atoms with Crippen molar-refractivity contribution < 1.29 is 78.0 Å². The molecule has 9 amide bonds. The van der Waals surface area contributed by atoms with Crippen LogP contribution < -0.4 is 76.5 Å². The van der Waals surface area contributed by atoms with Crippen LogP contribution in [0.1, 0.15) is 132 Å². The topological polar surface area (TPSA) is 549 Å². The van der Waals surface area contributed by atoms with Crippen molar-refractivity contribution in [3.05, 3.63) is 0 Å². The van der Waals surface area contributed by atoms with E-state index in [2.05, 4.69) is 57.8 Å². The Kier molecular flexibility index (Phi) is 37.8. The van der Waals surface area contributed by atoms with Gasteiger partial charge >= 0.3 is 17.9 Å². The standard InChI is InChI=1S/C53H96N16O16S/c1-10-27(6)39(49(82)66-36(25-70)47(80)63-33(51(84)85)17-18-37(71)72)68-46(79)34(23-26(4)5)64-45(78)35(24-38(73)74)65-44(77)31(15-13-20-59-52(55)56)61-43(76)32(16-14-21-60-53(57)58)62-48(81)40(28(7)11-2)69-50(83)41(29(8)12-3)67-42(75)30(54)19-22-86-9/h26-36,39-41,70H,10-25,54H2,1-9H3,(H,61,76)(H,62,81)(H,63,80)(H,64,78)(H,65,77)(H,66,82)(H,67,75)(H,68,79)(H,69,83)(H,71,72)(H,73,74)(H,84,85)(H4,55,56,59)(H4,57,58,60)/t27-,28-,29-,30-,31-,32-,33-,34-,35-,36-,39-,40-,41-/m0/s1. The van der Waals surface area contributed by atoms with Gasteiger partial charge in [0.1, 0.15) is 54.4 Å². The minimum atomic E-state index is -1.94. The fraction of sp³-hybridized carbons (Fsp3) is 0.736. The molecule has 0 aliphatic carbocycles. The van der Waals surface area contributed by atoms with E-state index in [1.807, 2.05) is 13.2 Å². The quantitative estimate of drug-likeness (QED) is 0.0158. The average Bonchev–Trinajstić information content (AvgIpc) is 3.30. The van der Waals surface area contributed by atoms with Crippen molar-refractivity contribution in [2.75, 3.05) is 31.7 Å². The number of aliphatic imine (C=N–C) groups is 2. The number of carbonyl (C=O) groups is 12. The monoisotopic (exact) mass is 1240 g/mol. The molecule has 0 saturated carbocycles. The van der Waals surface area contributed by atoms with Gasteiger partial charge in [0.2, 0.25) is 53.2 Å². The van der Waals surface area contributed by atoms with Crippen LogP contribution >= 0.6 is 11.8 Å². The molecule has 86 heavy (non-hydrogen) atoms. The first kappa shape index (κ1) is 78.5. The van der Waals surface area contributed by atoms with Gasteiger partial charge in [0, 0.05) is 19.5 Å². The van der Waals surface area contributed by atoms with Gasteiger partial charge in [0.15, 0.2) is 11.9 Å². The SMILES string of the molecule is CC[C@H](C)[C@H](NC(=O)[C@H](CC(C)C)NC(=O)[C@H](CC(=O)O)NC(=O)[C@H](CCCN=C(N)N)NC(=O)[C@H](CCCN=C(N)N)NC(=O)[C@@H](NC(=O)[C@@H](NC(=O)[C@@H](N)CCSC)[C@@H](C)CC)[C@@H](C)CC)C(=O)N[C@@H](CO)C(=O)N[C@@H](CCC(=O)O)C(=O)O. The molecular formula is C53H96N16O16S. The number of hydrogen-bond acceptors (Lipinski definition) is 17. The van der Waals surface area contributed by atoms with E-state index in [-0.39, 0.29) is 69.5 Å². The minimum Gasteiger partial charge on any atom is -0.481 e. The predicted octanol–water partition coefficient (Wildman–Crippen LogP) is -3.86. The molecule has 32 nitrogen and oxygen atoms in total. The predicted molar refractivity (Wildman–Crippen MR) is 320 cm³/mol. The minimum absolute atomic E-state index is 0.00693. The van der Waals surface area contributed by atoms with E-state index in [0.717, 1.165) is 0 Å². The Hall–Kier alpha value is -7.55. The van der Waals surface area contributed by atoms with Crippen LogP contribution in [0.2, 0.25) is 0 Å². The lowest BCUT2D eigenvalue weighted by Gasteiger charge is -2.31. The van der Waals surface area contributed by atoms with Crippen molar-refractivity contribution in [3.63, 3.8) is 0 Å². The summed E-state index contributed by atoms with van der Waals surface area (Å²) < 4.78 is 0. The summed E-state index contributed by atoms with van der Waals surface area (Å²) >= 11 is 1.50. The second-order valence-corrected chi connectivity index (χ2v) is 22.4. The number of carboxylic acid groups (broad SMARTS) is 3. The molecule has 33 heteroatoms. The highest BCUT2D eigenvalue weighted by Gasteiger charge is 2.38. The lowest BCUT2D eigenvalue weighted by Crippen LogP contribution is -2.62. The largest absolute Gasteiger partial charge is 0.481 e. The fourth-order valence-electron chi connectivity index (χ4n) is 8.20. The van der Waals surface area contributed by atoms with Crippen LogP contribution in [0.25, 0.3) is 0 Å². The van der Waals surface area contributed by atoms with Crippen LogP contribution in [0.4, 0.5) is 0 Å². The van der Waals surface area contributed by atoms with Crippen LogP contribution in [0.15, 0.2) is 9.98 Å². The van der Waals surface area contributed by atoms with Crippen molar-refractivity contribution in [2.24, 2.45) is 62.3 Å². The fourth-order valence-corrected chi connectivity index (χ4v) is 8.69. The molecule has 0 aromatic heterocycles. The highest BCUT2D eigenvalue weighted by molar-refractivity contribution is 7.98. The van der Waals surface area contributed by atoms with E-state index >= 15 is 0 Å². The molecular weight excluding hydrogens is 1150 g/mol. The summed E-state index contributed by atoms with van der Waals surface area (Å²) in [6.45, 7) is 12.4. The zero-order chi connectivity index (χ0) is 66.0. The van der Waals surface area contributed by atoms with E-state index in [1.54, 1.807) is 48.5 Å². The van der Waals surface area contributed by atoms with E-state index in [9.17, 15) is 72.9 Å². The average molecular weight is 1250 g/mol. The Morgan fingerprint density at radius 1 is 0.453 bits per heavy atom. The second kappa shape index (κ2) is 41.5. The van der Waals surface area contributed by atoms with Crippen LogP contribution in [0.5, 0.6) is 0 Å². The van der Waals surface area contributed by atoms with Crippen molar-refractivity contribution in [2.45, 2.75) is 193 Å². The number of aliphatic hydroxyl groups excluding tert-OH is 1. The van der Waals surface area contributed by atoms with Gasteiger partial charge in [0.25, 0.3) is 0 Å². The molecule has 0 unspecified atom stereocenters. The number of hydrogen-bond donors (Lipinski definition) is 18. The molecule has 23 N–H and O–H groups in total. The van der Waals surface area contributed by atoms with Crippen molar-refractivity contribution in [3.8, 4) is 0 Å². The smallest absolute Gasteiger partial charge is 0.326 e. The number of carboxylic acids is 3. The maximum absolute atomic E-state index is 14.5. The van der Waals surface area contributed by atoms with Gasteiger partial charge < -0.3 is 96.9 Å². The highest BCUT2D eigenvalue weighted by atomic mass is 32.2. The zero-order valence-corrected chi connectivity index (χ0v) is 51.6. The van der Waals surface area contributed by atoms with Gasteiger partial charge in [-0.3, -0.25) is 62.7 Å². The van der Waals surface area contributed by atoms with Crippen molar-refractivity contribution in [1.82, 2.24) is 47.9 Å². The second-order valence-electron chi connectivity index (χ2n) is 21.4. The zero-order valence-electron chi connectivity index (χ0n) is 50.8. The Morgan fingerprint density at radius 3 is 1.21 bits per heavy atom. The molecule has 490 valence electrons. The number of thioether (sulfide) groups is 1. The normalized spacial score (nSPS) is 15.6. The van der Waals surface area contributed by atoms with E-state index in [4.69, 9.17) is 33.8 Å². The Balaban J connectivity index is 7.15. The van der Waals surface area contributed by atoms with E-state index < -0.39 is 175 Å². The first-order valence-electron chi connectivity index (χ1n) is 28.6. The molecule has 0 fully saturated rings. The lowest BCUT2D eigenvalue weighted by molar-refractivity contribution is -0.144. The van der Waals surface area contributed by atoms with Crippen molar-refractivity contribution >= 4 is 94.8 Å². The van der Waals surface area contributed by atoms with Gasteiger partial charge in [0.05, 0.1) is 19.1 Å². The van der Waals surface area contributed by atoms with Gasteiger partial charge in [-0.1, -0.05) is 74.7 Å². The number of aliphatic carboxylic acids is 3. The molecule has 0 bridgehead atoms. The number of amides is 9. The summed E-state index contributed by atoms with van der Waals surface area (Å²) in [5.74, 6) is -15.0. The molecule has 0 aliphatic rings. The summed E-state index contributed by atoms with van der Waals surface area (Å²) in [6, 6.07) is -14.8. The third kappa shape index (κ3) is 30.5. The maximum Gasteiger partial charge on any atom is 0.326 e. The number of nitrogens with one attached hydrogen (secondary N) is 9. The molecule has 0 rings (SSSR count). The van der Waals surface area contributed by atoms with E-state index in [1.165, 1.54) is 11.8 Å². The van der Waals surface area contributed by atoms with E-state index in [0.29, 0.717) is 25.0 Å². The number of rotatable bonds is 44. The Labute approximate surface area is 505 Å². The van der Waals surface area contributed by atoms with Gasteiger partial charge in [-0.15, -0.1) is 0 Å². The molecule has 0 radical (unpaired) electrons. The molecule has 0 aromatic carbocycles. The van der Waals surface area contributed by atoms with Gasteiger partial charge in [-0.2, -0.15) is 11.8 Å². The van der Waals surface area contributed by atoms with Crippen LogP contribution in [0, 0.1) is 23.7 Å². The third-order valence-corrected chi connectivity index (χ3v) is 14.6. The number of aliphatic hydroxyl groups is 1. The molecule has 0 aliphatic heterocycles. The summed E-state index contributed by atoms with van der Waals surface area (Å²) in [5.41, 5.74) is 28.2. The molecule has 0 spiro atoms. The Bertz CT molecular complexity index is 2320. The molecule has 0 heterocycles. The summed E-state index contributed by atoms with van der Waals surface area (Å²) in [5, 5.41) is 60.9. The van der Waals surface area contributed by atoms with Crippen LogP contribution in [-0.4, -0.2) is 196 Å². The van der Waals surface area contributed by atoms with Gasteiger partial charge in [-0.25, -0.2) is 4.79 Å². The summed E-state index contributed by atoms with van der Waals surface area (Å²) in [4.78, 5) is 168. The van der Waals surface area contributed by atoms with Crippen molar-refractivity contribution in [1.29, 1.82) is 0 Å². The highest BCUT2D eigenvalue weighted by Crippen LogP contribution is 2.16. The Morgan fingerprint density at radius 2 is 0.814 bits per heavy atom. The first-order valence-corrected chi connectivity index (χ1v) is 30.0. The molecule has 0 saturated heterocycles. The molecule has 13 atom stereocenters. The summed E-state index contributed by atoms with van der Waals surface area (Å²) in [7, 11) is 0. The number of guanidine groups is 2. The first-order chi connectivity index (χ1) is 40.3. The number of nitrogens with two attached hydrogens (primary N) is 5. The maximum atomic E-state index is 14.5. The summed E-state index contributed by atoms with van der Waals surface area (Å²) in [6.07, 6.45) is 0.588. The third-order valence-electron chi connectivity index (χ3n) is 13.9. The van der Waals surface area contributed by atoms with Gasteiger partial charge in [-0.05, 0) is 80.6 Å². The lowest BCUT2D eigenvalue weighted by atomic mass is 9.94. The molecule has 0 aromatic rings.